The van der Waals surface area contributed by atoms with Crippen LogP contribution in [0.5, 0.6) is 0 Å². The lowest BCUT2D eigenvalue weighted by Crippen LogP contribution is -2.24. The second-order valence-corrected chi connectivity index (χ2v) is 6.37. The number of carbonyl (C=O) groups excluding carboxylic acids is 2. The minimum Gasteiger partial charge on any atom is -0.489 e. The zero-order chi connectivity index (χ0) is 18.8. The van der Waals surface area contributed by atoms with Crippen LogP contribution in [0.3, 0.4) is 0 Å². The molecule has 0 bridgehead atoms. The van der Waals surface area contributed by atoms with Crippen LogP contribution in [0, 0.1) is 10.1 Å². The molecule has 1 aliphatic rings. The fraction of sp³-hybridized carbons (Fsp3) is 0.111. The van der Waals surface area contributed by atoms with Gasteiger partial charge < -0.3 is 9.47 Å². The van der Waals surface area contributed by atoms with E-state index >= 15 is 0 Å². The van der Waals surface area contributed by atoms with Crippen LogP contribution in [-0.4, -0.2) is 30.7 Å². The minimum absolute atomic E-state index is 0.0231. The SMILES string of the molecule is COC1=C(OC)C(=O)c2c(Sc3ccc([N+](=O)[O-])cc3)cccc2C1=O. The van der Waals surface area contributed by atoms with Crippen LogP contribution in [-0.2, 0) is 9.47 Å². The monoisotopic (exact) mass is 371 g/mol. The first kappa shape index (κ1) is 17.7. The van der Waals surface area contributed by atoms with Gasteiger partial charge in [0.2, 0.25) is 23.1 Å². The van der Waals surface area contributed by atoms with Gasteiger partial charge in [-0.2, -0.15) is 0 Å². The van der Waals surface area contributed by atoms with Gasteiger partial charge in [-0.25, -0.2) is 0 Å². The van der Waals surface area contributed by atoms with Crippen LogP contribution < -0.4 is 0 Å². The third-order valence-electron chi connectivity index (χ3n) is 3.80. The van der Waals surface area contributed by atoms with Gasteiger partial charge in [-0.1, -0.05) is 23.9 Å². The van der Waals surface area contributed by atoms with Crippen LogP contribution in [0.2, 0.25) is 0 Å². The molecule has 26 heavy (non-hydrogen) atoms. The van der Waals surface area contributed by atoms with Crippen LogP contribution in [0.1, 0.15) is 20.7 Å². The normalized spacial score (nSPS) is 13.5. The maximum absolute atomic E-state index is 12.8. The van der Waals surface area contributed by atoms with Gasteiger partial charge in [0, 0.05) is 27.5 Å². The Morgan fingerprint density at radius 2 is 1.54 bits per heavy atom. The van der Waals surface area contributed by atoms with E-state index < -0.39 is 16.5 Å². The van der Waals surface area contributed by atoms with Crippen molar-refractivity contribution < 1.29 is 24.0 Å². The summed E-state index contributed by atoms with van der Waals surface area (Å²) in [6, 6.07) is 10.9. The number of hydrogen-bond acceptors (Lipinski definition) is 7. The summed E-state index contributed by atoms with van der Waals surface area (Å²) in [4.78, 5) is 36.9. The van der Waals surface area contributed by atoms with E-state index in [1.54, 1.807) is 30.3 Å². The van der Waals surface area contributed by atoms with Crippen LogP contribution in [0.15, 0.2) is 63.8 Å². The third kappa shape index (κ3) is 2.95. The van der Waals surface area contributed by atoms with E-state index in [1.165, 1.54) is 38.1 Å². The number of methoxy groups -OCH3 is 2. The van der Waals surface area contributed by atoms with Crippen molar-refractivity contribution in [1.29, 1.82) is 0 Å². The van der Waals surface area contributed by atoms with Crippen molar-refractivity contribution in [3.8, 4) is 0 Å². The van der Waals surface area contributed by atoms with Crippen LogP contribution in [0.4, 0.5) is 5.69 Å². The molecule has 0 atom stereocenters. The maximum Gasteiger partial charge on any atom is 0.269 e. The Kier molecular flexibility index (Phi) is 4.77. The molecular formula is C18H13NO6S. The summed E-state index contributed by atoms with van der Waals surface area (Å²) < 4.78 is 10.1. The van der Waals surface area contributed by atoms with Crippen molar-refractivity contribution in [2.45, 2.75) is 9.79 Å². The van der Waals surface area contributed by atoms with Gasteiger partial charge in [-0.05, 0) is 18.2 Å². The van der Waals surface area contributed by atoms with Crippen molar-refractivity contribution >= 4 is 29.0 Å². The highest BCUT2D eigenvalue weighted by Gasteiger charge is 2.36. The quantitative estimate of drug-likeness (QED) is 0.585. The predicted molar refractivity (Wildman–Crippen MR) is 93.4 cm³/mol. The number of ether oxygens (including phenoxy) is 2. The number of nitro groups is 1. The molecular weight excluding hydrogens is 358 g/mol. The molecule has 0 radical (unpaired) electrons. The van der Waals surface area contributed by atoms with Crippen LogP contribution >= 0.6 is 11.8 Å². The van der Waals surface area contributed by atoms with Gasteiger partial charge in [0.15, 0.2) is 0 Å². The molecule has 2 aromatic carbocycles. The summed E-state index contributed by atoms with van der Waals surface area (Å²) in [5.74, 6) is -1.13. The van der Waals surface area contributed by atoms with Crippen LogP contribution in [0.25, 0.3) is 0 Å². The molecule has 0 spiro atoms. The fourth-order valence-corrected chi connectivity index (χ4v) is 3.59. The van der Waals surface area contributed by atoms with E-state index in [0.717, 1.165) is 0 Å². The molecule has 0 unspecified atom stereocenters. The Balaban J connectivity index is 2.04. The minimum atomic E-state index is -0.483. The van der Waals surface area contributed by atoms with E-state index in [1.807, 2.05) is 0 Å². The second-order valence-electron chi connectivity index (χ2n) is 5.26. The van der Waals surface area contributed by atoms with Gasteiger partial charge in [0.1, 0.15) is 0 Å². The third-order valence-corrected chi connectivity index (χ3v) is 4.87. The largest absolute Gasteiger partial charge is 0.489 e. The number of Topliss-reactive ketones (excluding diaryl/α,β-unsaturated/α-hetero) is 2. The topological polar surface area (TPSA) is 95.7 Å². The Bertz CT molecular complexity index is 949. The number of hydrogen-bond donors (Lipinski definition) is 0. The number of rotatable bonds is 5. The molecule has 2 aromatic rings. The summed E-state index contributed by atoms with van der Waals surface area (Å²) in [5, 5.41) is 10.8. The van der Waals surface area contributed by atoms with Gasteiger partial charge in [-0.15, -0.1) is 0 Å². The number of benzene rings is 2. The number of nitro benzene ring substituents is 1. The molecule has 0 amide bonds. The lowest BCUT2D eigenvalue weighted by Gasteiger charge is -2.20. The van der Waals surface area contributed by atoms with E-state index in [4.69, 9.17) is 9.47 Å². The molecule has 132 valence electrons. The summed E-state index contributed by atoms with van der Waals surface area (Å²) in [7, 11) is 2.61. The molecule has 0 heterocycles. The van der Waals surface area contributed by atoms with E-state index in [0.29, 0.717) is 9.79 Å². The smallest absolute Gasteiger partial charge is 0.269 e. The lowest BCUT2D eigenvalue weighted by atomic mass is 9.92. The maximum atomic E-state index is 12.8. The fourth-order valence-electron chi connectivity index (χ4n) is 2.62. The number of nitrogens with zero attached hydrogens (tertiary/aromatic N) is 1. The second kappa shape index (κ2) is 7.01. The van der Waals surface area contributed by atoms with Gasteiger partial charge in [0.25, 0.3) is 5.69 Å². The number of non-ortho nitro benzene ring substituents is 1. The highest BCUT2D eigenvalue weighted by atomic mass is 32.2. The molecule has 0 aliphatic heterocycles. The van der Waals surface area contributed by atoms with Crippen molar-refractivity contribution in [1.82, 2.24) is 0 Å². The molecule has 7 nitrogen and oxygen atoms in total. The number of fused-ring (bicyclic) bond motifs is 1. The molecule has 0 fully saturated rings. The molecule has 1 aliphatic carbocycles. The molecule has 3 rings (SSSR count). The number of ketones is 2. The first-order valence-corrected chi connectivity index (χ1v) is 8.26. The molecule has 0 aromatic heterocycles. The van der Waals surface area contributed by atoms with E-state index in [9.17, 15) is 19.7 Å². The van der Waals surface area contributed by atoms with Crippen molar-refractivity contribution in [3.05, 3.63) is 75.2 Å². The molecule has 0 saturated carbocycles. The molecule has 0 saturated heterocycles. The first-order chi connectivity index (χ1) is 12.5. The van der Waals surface area contributed by atoms with Gasteiger partial charge in [0.05, 0.1) is 24.7 Å². The highest BCUT2D eigenvalue weighted by molar-refractivity contribution is 7.99. The summed E-state index contributed by atoms with van der Waals surface area (Å²) in [6.45, 7) is 0. The Hall–Kier alpha value is -3.13. The molecule has 8 heteroatoms. The van der Waals surface area contributed by atoms with E-state index in [2.05, 4.69) is 0 Å². The van der Waals surface area contributed by atoms with Crippen molar-refractivity contribution in [3.63, 3.8) is 0 Å². The predicted octanol–water partition coefficient (Wildman–Crippen LogP) is 3.63. The van der Waals surface area contributed by atoms with Gasteiger partial charge >= 0.3 is 0 Å². The summed E-state index contributed by atoms with van der Waals surface area (Å²) >= 11 is 1.24. The average Bonchev–Trinajstić information content (AvgIpc) is 2.64. The Morgan fingerprint density at radius 1 is 0.923 bits per heavy atom. The highest BCUT2D eigenvalue weighted by Crippen LogP contribution is 2.37. The van der Waals surface area contributed by atoms with Gasteiger partial charge in [-0.3, -0.25) is 19.7 Å². The number of carbonyl (C=O) groups is 2. The Labute approximate surface area is 152 Å². The standard InChI is InChI=1S/C18H13NO6S/c1-24-17-15(20)12-4-3-5-13(14(12)16(21)18(17)25-2)26-11-8-6-10(7-9-11)19(22)23/h3-9H,1-2H3. The first-order valence-electron chi connectivity index (χ1n) is 7.45. The summed E-state index contributed by atoms with van der Waals surface area (Å²) in [5.41, 5.74) is 0.447. The number of allylic oxidation sites excluding steroid dienone is 2. The van der Waals surface area contributed by atoms with E-state index in [-0.39, 0.29) is 28.3 Å². The zero-order valence-corrected chi connectivity index (χ0v) is 14.7. The summed E-state index contributed by atoms with van der Waals surface area (Å²) in [6.07, 6.45) is 0. The Morgan fingerprint density at radius 3 is 2.12 bits per heavy atom. The van der Waals surface area contributed by atoms with Crippen molar-refractivity contribution in [2.75, 3.05) is 14.2 Å². The lowest BCUT2D eigenvalue weighted by molar-refractivity contribution is -0.384. The average molecular weight is 371 g/mol. The molecule has 0 N–H and O–H groups in total. The zero-order valence-electron chi connectivity index (χ0n) is 13.8. The van der Waals surface area contributed by atoms with Crippen molar-refractivity contribution in [2.24, 2.45) is 0 Å².